The summed E-state index contributed by atoms with van der Waals surface area (Å²) in [6.45, 7) is 0.848. The lowest BCUT2D eigenvalue weighted by atomic mass is 10.2. The van der Waals surface area contributed by atoms with Crippen LogP contribution in [0.5, 0.6) is 0 Å². The molecule has 18 heavy (non-hydrogen) atoms. The first-order valence-electron chi connectivity index (χ1n) is 5.59. The van der Waals surface area contributed by atoms with Crippen LogP contribution in [0, 0.1) is 14.9 Å². The van der Waals surface area contributed by atoms with Crippen molar-refractivity contribution in [1.29, 1.82) is 5.26 Å². The summed E-state index contributed by atoms with van der Waals surface area (Å²) >= 11 is 2.21. The number of hydrogen-bond acceptors (Lipinski definition) is 4. The lowest BCUT2D eigenvalue weighted by molar-refractivity contribution is 0.281. The van der Waals surface area contributed by atoms with Gasteiger partial charge in [0, 0.05) is 23.8 Å². The van der Waals surface area contributed by atoms with Crippen LogP contribution in [-0.2, 0) is 6.54 Å². The molecule has 0 atom stereocenters. The molecule has 6 heteroatoms. The maximum atomic E-state index is 8.96. The molecule has 2 rings (SSSR count). The van der Waals surface area contributed by atoms with Crippen LogP contribution < -0.4 is 5.32 Å². The first-order chi connectivity index (χ1) is 8.71. The predicted octanol–water partition coefficient (Wildman–Crippen LogP) is 1.94. The average Bonchev–Trinajstić information content (AvgIpc) is 2.74. The number of fused-ring (bicyclic) bond motifs is 1. The number of nitrogens with one attached hydrogen (secondary N) is 1. The third-order valence-electron chi connectivity index (χ3n) is 2.69. The Morgan fingerprint density at radius 3 is 2.94 bits per heavy atom. The van der Waals surface area contributed by atoms with Gasteiger partial charge in [-0.2, -0.15) is 5.26 Å². The number of aryl methyl sites for hydroxylation is 1. The molecule has 1 heterocycles. The molecule has 0 saturated heterocycles. The molecule has 0 radical (unpaired) electrons. The molecule has 0 saturated carbocycles. The van der Waals surface area contributed by atoms with E-state index in [1.54, 1.807) is 6.07 Å². The van der Waals surface area contributed by atoms with Crippen molar-refractivity contribution in [3.05, 3.63) is 21.3 Å². The Kier molecular flexibility index (Phi) is 4.04. The summed E-state index contributed by atoms with van der Waals surface area (Å²) in [5.41, 5.74) is 2.43. The number of nitriles is 1. The molecular weight excluding hydrogens is 343 g/mol. The second-order valence-corrected chi connectivity index (χ2v) is 5.01. The van der Waals surface area contributed by atoms with Crippen LogP contribution in [0.3, 0.4) is 0 Å². The van der Waals surface area contributed by atoms with Crippen LogP contribution in [-0.4, -0.2) is 28.3 Å². The van der Waals surface area contributed by atoms with E-state index in [0.717, 1.165) is 20.6 Å². The van der Waals surface area contributed by atoms with Gasteiger partial charge in [-0.1, -0.05) is 0 Å². The SMILES string of the molecule is CNc1nc2cc(C#N)cc(I)c2n1CCCO. The third-order valence-corrected chi connectivity index (χ3v) is 3.51. The zero-order valence-corrected chi connectivity index (χ0v) is 12.1. The van der Waals surface area contributed by atoms with Crippen molar-refractivity contribution in [2.45, 2.75) is 13.0 Å². The number of benzene rings is 1. The van der Waals surface area contributed by atoms with Crippen molar-refractivity contribution >= 4 is 39.6 Å². The normalized spacial score (nSPS) is 10.6. The summed E-state index contributed by atoms with van der Waals surface area (Å²) < 4.78 is 3.03. The standard InChI is InChI=1S/C12H13IN4O/c1-15-12-16-10-6-8(7-14)5-9(13)11(10)17(12)3-2-4-18/h5-6,18H,2-4H2,1H3,(H,15,16). The van der Waals surface area contributed by atoms with Gasteiger partial charge in [0.1, 0.15) is 0 Å². The minimum atomic E-state index is 0.148. The highest BCUT2D eigenvalue weighted by atomic mass is 127. The number of imidazole rings is 1. The first kappa shape index (κ1) is 13.1. The molecule has 0 unspecified atom stereocenters. The number of rotatable bonds is 4. The van der Waals surface area contributed by atoms with Crippen molar-refractivity contribution < 1.29 is 5.11 Å². The number of hydrogen-bond donors (Lipinski definition) is 2. The summed E-state index contributed by atoms with van der Waals surface area (Å²) in [5.74, 6) is 0.756. The van der Waals surface area contributed by atoms with E-state index in [0.29, 0.717) is 18.5 Å². The van der Waals surface area contributed by atoms with Crippen LogP contribution in [0.4, 0.5) is 5.95 Å². The topological polar surface area (TPSA) is 73.9 Å². The lowest BCUT2D eigenvalue weighted by Crippen LogP contribution is -2.05. The Bertz CT molecular complexity index is 615. The molecule has 0 fully saturated rings. The van der Waals surface area contributed by atoms with Crippen molar-refractivity contribution in [3.8, 4) is 6.07 Å². The monoisotopic (exact) mass is 356 g/mol. The van der Waals surface area contributed by atoms with Crippen LogP contribution in [0.1, 0.15) is 12.0 Å². The smallest absolute Gasteiger partial charge is 0.203 e. The van der Waals surface area contributed by atoms with E-state index >= 15 is 0 Å². The Balaban J connectivity index is 2.63. The highest BCUT2D eigenvalue weighted by Crippen LogP contribution is 2.26. The Labute approximate surface area is 119 Å². The van der Waals surface area contributed by atoms with Crippen molar-refractivity contribution in [2.24, 2.45) is 0 Å². The van der Waals surface area contributed by atoms with Crippen molar-refractivity contribution in [3.63, 3.8) is 0 Å². The molecule has 0 aliphatic heterocycles. The molecule has 0 aliphatic rings. The van der Waals surface area contributed by atoms with Gasteiger partial charge in [0.05, 0.1) is 22.7 Å². The van der Waals surface area contributed by atoms with E-state index in [-0.39, 0.29) is 6.61 Å². The van der Waals surface area contributed by atoms with Gasteiger partial charge in [0.25, 0.3) is 0 Å². The fourth-order valence-electron chi connectivity index (χ4n) is 1.92. The number of aromatic nitrogens is 2. The van der Waals surface area contributed by atoms with Gasteiger partial charge in [-0.05, 0) is 41.1 Å². The number of aliphatic hydroxyl groups is 1. The summed E-state index contributed by atoms with van der Waals surface area (Å²) in [6, 6.07) is 5.77. The quantitative estimate of drug-likeness (QED) is 0.822. The van der Waals surface area contributed by atoms with Crippen LogP contribution in [0.25, 0.3) is 11.0 Å². The van der Waals surface area contributed by atoms with Crippen LogP contribution in [0.2, 0.25) is 0 Å². The van der Waals surface area contributed by atoms with Gasteiger partial charge in [-0.25, -0.2) is 4.98 Å². The molecule has 2 N–H and O–H groups in total. The first-order valence-corrected chi connectivity index (χ1v) is 6.67. The minimum absolute atomic E-state index is 0.148. The van der Waals surface area contributed by atoms with Crippen molar-refractivity contribution in [2.75, 3.05) is 19.0 Å². The zero-order valence-electron chi connectivity index (χ0n) is 9.94. The number of aliphatic hydroxyl groups excluding tert-OH is 1. The molecule has 0 aliphatic carbocycles. The number of halogens is 1. The zero-order chi connectivity index (χ0) is 13.1. The molecule has 94 valence electrons. The summed E-state index contributed by atoms with van der Waals surface area (Å²) in [4.78, 5) is 4.47. The van der Waals surface area contributed by atoms with Gasteiger partial charge < -0.3 is 15.0 Å². The Morgan fingerprint density at radius 2 is 2.33 bits per heavy atom. The van der Waals surface area contributed by atoms with Gasteiger partial charge in [0.2, 0.25) is 5.95 Å². The number of nitrogens with zero attached hydrogens (tertiary/aromatic N) is 3. The van der Waals surface area contributed by atoms with Gasteiger partial charge in [0.15, 0.2) is 0 Å². The average molecular weight is 356 g/mol. The van der Waals surface area contributed by atoms with Gasteiger partial charge in [-0.15, -0.1) is 0 Å². The predicted molar refractivity (Wildman–Crippen MR) is 78.4 cm³/mol. The molecule has 1 aromatic carbocycles. The van der Waals surface area contributed by atoms with E-state index in [1.807, 2.05) is 17.7 Å². The maximum absolute atomic E-state index is 8.96. The third kappa shape index (κ3) is 2.28. The molecular formula is C12H13IN4O. The summed E-state index contributed by atoms with van der Waals surface area (Å²) in [5, 5.41) is 21.0. The van der Waals surface area contributed by atoms with Gasteiger partial charge in [-0.3, -0.25) is 0 Å². The number of anilines is 1. The van der Waals surface area contributed by atoms with E-state index in [2.05, 4.69) is 39.0 Å². The molecule has 2 aromatic rings. The second-order valence-electron chi connectivity index (χ2n) is 3.85. The lowest BCUT2D eigenvalue weighted by Gasteiger charge is -2.08. The summed E-state index contributed by atoms with van der Waals surface area (Å²) in [6.07, 6.45) is 0.677. The molecule has 0 spiro atoms. The molecule has 0 amide bonds. The second kappa shape index (κ2) is 5.54. The van der Waals surface area contributed by atoms with Gasteiger partial charge >= 0.3 is 0 Å². The minimum Gasteiger partial charge on any atom is -0.396 e. The molecule has 0 bridgehead atoms. The maximum Gasteiger partial charge on any atom is 0.203 e. The Hall–Kier alpha value is -1.33. The van der Waals surface area contributed by atoms with Crippen LogP contribution >= 0.6 is 22.6 Å². The van der Waals surface area contributed by atoms with E-state index in [1.165, 1.54) is 0 Å². The van der Waals surface area contributed by atoms with E-state index in [9.17, 15) is 0 Å². The van der Waals surface area contributed by atoms with Crippen molar-refractivity contribution in [1.82, 2.24) is 9.55 Å². The fraction of sp³-hybridized carbons (Fsp3) is 0.333. The highest BCUT2D eigenvalue weighted by molar-refractivity contribution is 14.1. The molecule has 5 nitrogen and oxygen atoms in total. The highest BCUT2D eigenvalue weighted by Gasteiger charge is 2.13. The van der Waals surface area contributed by atoms with Crippen LogP contribution in [0.15, 0.2) is 12.1 Å². The van der Waals surface area contributed by atoms with E-state index < -0.39 is 0 Å². The largest absolute Gasteiger partial charge is 0.396 e. The fourth-order valence-corrected chi connectivity index (χ4v) is 2.82. The summed E-state index contributed by atoms with van der Waals surface area (Å²) in [7, 11) is 1.81. The van der Waals surface area contributed by atoms with E-state index in [4.69, 9.17) is 10.4 Å². The Morgan fingerprint density at radius 1 is 1.56 bits per heavy atom. The molecule has 1 aromatic heterocycles.